The molecular formula is C19H18ClNO3S. The van der Waals surface area contributed by atoms with Crippen LogP contribution in [0.5, 0.6) is 0 Å². The van der Waals surface area contributed by atoms with Gasteiger partial charge in [0, 0.05) is 22.1 Å². The standard InChI is InChI=1S/C19H18ClNO3S/c1-19(2,3)12-4-7-14(8-5-12)25(23,24)17-11-21-16-9-6-13(20)10-15(16)18(17)22/h4-11H,1-3H3,(H,21,22). The van der Waals surface area contributed by atoms with E-state index < -0.39 is 15.3 Å². The number of pyridine rings is 1. The van der Waals surface area contributed by atoms with Crippen molar-refractivity contribution in [2.45, 2.75) is 36.0 Å². The molecule has 1 N–H and O–H groups in total. The number of halogens is 1. The highest BCUT2D eigenvalue weighted by atomic mass is 35.5. The largest absolute Gasteiger partial charge is 0.360 e. The first-order valence-corrected chi connectivity index (χ1v) is 9.63. The van der Waals surface area contributed by atoms with Crippen molar-refractivity contribution in [1.82, 2.24) is 4.98 Å². The molecule has 4 nitrogen and oxygen atoms in total. The van der Waals surface area contributed by atoms with E-state index in [4.69, 9.17) is 11.6 Å². The number of sulfone groups is 1. The van der Waals surface area contributed by atoms with Crippen LogP contribution in [0.1, 0.15) is 26.3 Å². The van der Waals surface area contributed by atoms with Crippen LogP contribution in [0, 0.1) is 0 Å². The fourth-order valence-corrected chi connectivity index (χ4v) is 4.12. The number of nitrogens with one attached hydrogen (secondary N) is 1. The Morgan fingerprint density at radius 1 is 1.00 bits per heavy atom. The molecule has 0 unspecified atom stereocenters. The summed E-state index contributed by atoms with van der Waals surface area (Å²) in [5.74, 6) is 0. The molecule has 6 heteroatoms. The van der Waals surface area contributed by atoms with Crippen LogP contribution in [-0.4, -0.2) is 13.4 Å². The van der Waals surface area contributed by atoms with Crippen LogP contribution in [0.4, 0.5) is 0 Å². The average molecular weight is 376 g/mol. The first kappa shape index (κ1) is 17.7. The van der Waals surface area contributed by atoms with Gasteiger partial charge in [-0.1, -0.05) is 44.5 Å². The predicted octanol–water partition coefficient (Wildman–Crippen LogP) is 4.31. The molecule has 3 rings (SSSR count). The van der Waals surface area contributed by atoms with Crippen LogP contribution < -0.4 is 5.43 Å². The van der Waals surface area contributed by atoms with Crippen molar-refractivity contribution >= 4 is 32.3 Å². The number of hydrogen-bond donors (Lipinski definition) is 1. The van der Waals surface area contributed by atoms with Gasteiger partial charge in [0.25, 0.3) is 0 Å². The summed E-state index contributed by atoms with van der Waals surface area (Å²) >= 11 is 5.93. The Labute approximate surface area is 151 Å². The van der Waals surface area contributed by atoms with Gasteiger partial charge in [-0.3, -0.25) is 4.79 Å². The summed E-state index contributed by atoms with van der Waals surface area (Å²) in [4.78, 5) is 15.3. The van der Waals surface area contributed by atoms with Crippen LogP contribution in [0.25, 0.3) is 10.9 Å². The Morgan fingerprint density at radius 2 is 1.64 bits per heavy atom. The Bertz CT molecular complexity index is 1110. The monoisotopic (exact) mass is 375 g/mol. The molecule has 0 saturated carbocycles. The second-order valence-corrected chi connectivity index (χ2v) is 9.30. The molecule has 3 aromatic rings. The minimum atomic E-state index is -3.92. The Kier molecular flexibility index (Phi) is 4.25. The molecule has 0 spiro atoms. The summed E-state index contributed by atoms with van der Waals surface area (Å²) < 4.78 is 25.8. The highest BCUT2D eigenvalue weighted by Gasteiger charge is 2.23. The van der Waals surface area contributed by atoms with E-state index in [1.807, 2.05) is 20.8 Å². The third kappa shape index (κ3) is 3.22. The minimum absolute atomic E-state index is 0.0839. The van der Waals surface area contributed by atoms with Crippen molar-refractivity contribution < 1.29 is 8.42 Å². The Morgan fingerprint density at radius 3 is 2.24 bits per heavy atom. The molecule has 0 saturated heterocycles. The van der Waals surface area contributed by atoms with Crippen molar-refractivity contribution in [3.05, 3.63) is 69.5 Å². The zero-order valence-electron chi connectivity index (χ0n) is 14.1. The quantitative estimate of drug-likeness (QED) is 0.725. The first-order chi connectivity index (χ1) is 11.6. The molecule has 0 amide bonds. The molecule has 1 heterocycles. The zero-order valence-corrected chi connectivity index (χ0v) is 15.7. The predicted molar refractivity (Wildman–Crippen MR) is 100 cm³/mol. The molecule has 25 heavy (non-hydrogen) atoms. The summed E-state index contributed by atoms with van der Waals surface area (Å²) in [5, 5.41) is 0.627. The second-order valence-electron chi connectivity index (χ2n) is 6.95. The van der Waals surface area contributed by atoms with Gasteiger partial charge in [-0.15, -0.1) is 0 Å². The fourth-order valence-electron chi connectivity index (χ4n) is 2.63. The van der Waals surface area contributed by atoms with Gasteiger partial charge in [0.15, 0.2) is 0 Å². The molecule has 0 aliphatic rings. The SMILES string of the molecule is CC(C)(C)c1ccc(S(=O)(=O)c2c[nH]c3ccc(Cl)cc3c2=O)cc1. The molecular weight excluding hydrogens is 358 g/mol. The van der Waals surface area contributed by atoms with Crippen molar-refractivity contribution in [1.29, 1.82) is 0 Å². The van der Waals surface area contributed by atoms with Gasteiger partial charge in [-0.25, -0.2) is 8.42 Å². The lowest BCUT2D eigenvalue weighted by molar-refractivity contribution is 0.586. The Hall–Kier alpha value is -2.11. The van der Waals surface area contributed by atoms with Gasteiger partial charge in [-0.05, 0) is 41.3 Å². The van der Waals surface area contributed by atoms with E-state index in [9.17, 15) is 13.2 Å². The van der Waals surface area contributed by atoms with Crippen LogP contribution >= 0.6 is 11.6 Å². The van der Waals surface area contributed by atoms with E-state index in [1.165, 1.54) is 24.4 Å². The number of H-pyrrole nitrogens is 1. The number of hydrogen-bond acceptors (Lipinski definition) is 3. The number of rotatable bonds is 2. The molecule has 0 radical (unpaired) electrons. The molecule has 0 atom stereocenters. The lowest BCUT2D eigenvalue weighted by Crippen LogP contribution is -2.17. The summed E-state index contributed by atoms with van der Waals surface area (Å²) in [6, 6.07) is 11.4. The first-order valence-electron chi connectivity index (χ1n) is 7.77. The van der Waals surface area contributed by atoms with Gasteiger partial charge >= 0.3 is 0 Å². The van der Waals surface area contributed by atoms with Gasteiger partial charge in [0.05, 0.1) is 4.90 Å². The lowest BCUT2D eigenvalue weighted by atomic mass is 9.87. The number of fused-ring (bicyclic) bond motifs is 1. The molecule has 130 valence electrons. The van der Waals surface area contributed by atoms with Crippen molar-refractivity contribution in [3.63, 3.8) is 0 Å². The van der Waals surface area contributed by atoms with Crippen LogP contribution in [0.15, 0.2) is 63.2 Å². The van der Waals surface area contributed by atoms with E-state index in [2.05, 4.69) is 4.98 Å². The minimum Gasteiger partial charge on any atom is -0.360 e. The third-order valence-corrected chi connectivity index (χ3v) is 6.14. The summed E-state index contributed by atoms with van der Waals surface area (Å²) in [7, 11) is -3.92. The maximum Gasteiger partial charge on any atom is 0.211 e. The molecule has 0 aliphatic heterocycles. The highest BCUT2D eigenvalue weighted by molar-refractivity contribution is 7.91. The van der Waals surface area contributed by atoms with Gasteiger partial charge in [0.1, 0.15) is 4.90 Å². The van der Waals surface area contributed by atoms with Crippen molar-refractivity contribution in [2.24, 2.45) is 0 Å². The van der Waals surface area contributed by atoms with E-state index >= 15 is 0 Å². The molecule has 1 aromatic heterocycles. The van der Waals surface area contributed by atoms with E-state index in [1.54, 1.807) is 24.3 Å². The molecule has 0 aliphatic carbocycles. The lowest BCUT2D eigenvalue weighted by Gasteiger charge is -2.19. The van der Waals surface area contributed by atoms with Crippen LogP contribution in [-0.2, 0) is 15.3 Å². The maximum absolute atomic E-state index is 12.9. The van der Waals surface area contributed by atoms with Crippen molar-refractivity contribution in [3.8, 4) is 0 Å². The average Bonchev–Trinajstić information content (AvgIpc) is 2.55. The topological polar surface area (TPSA) is 67.0 Å². The van der Waals surface area contributed by atoms with E-state index in [-0.39, 0.29) is 20.6 Å². The van der Waals surface area contributed by atoms with Crippen LogP contribution in [0.2, 0.25) is 5.02 Å². The molecule has 0 bridgehead atoms. The summed E-state index contributed by atoms with van der Waals surface area (Å²) in [6.07, 6.45) is 1.24. The van der Waals surface area contributed by atoms with Crippen molar-refractivity contribution in [2.75, 3.05) is 0 Å². The molecule has 0 fully saturated rings. The van der Waals surface area contributed by atoms with Crippen LogP contribution in [0.3, 0.4) is 0 Å². The van der Waals surface area contributed by atoms with E-state index in [0.717, 1.165) is 5.56 Å². The second kappa shape index (κ2) is 6.00. The molecule has 2 aromatic carbocycles. The number of aromatic nitrogens is 1. The smallest absolute Gasteiger partial charge is 0.211 e. The van der Waals surface area contributed by atoms with Gasteiger partial charge in [-0.2, -0.15) is 0 Å². The van der Waals surface area contributed by atoms with Gasteiger partial charge in [0.2, 0.25) is 15.3 Å². The Balaban J connectivity index is 2.16. The third-order valence-electron chi connectivity index (χ3n) is 4.13. The highest BCUT2D eigenvalue weighted by Crippen LogP contribution is 2.26. The van der Waals surface area contributed by atoms with Gasteiger partial charge < -0.3 is 4.98 Å². The number of benzene rings is 2. The summed E-state index contributed by atoms with van der Waals surface area (Å²) in [6.45, 7) is 6.15. The zero-order chi connectivity index (χ0) is 18.4. The number of aromatic amines is 1. The summed E-state index contributed by atoms with van der Waals surface area (Å²) in [5.41, 5.74) is 0.914. The maximum atomic E-state index is 12.9. The normalized spacial score (nSPS) is 12.5. The fraction of sp³-hybridized carbons (Fsp3) is 0.211. The van der Waals surface area contributed by atoms with E-state index in [0.29, 0.717) is 10.5 Å².